The molecule has 1 N–H and O–H groups in total. The van der Waals surface area contributed by atoms with Crippen molar-refractivity contribution in [2.75, 3.05) is 7.11 Å². The smallest absolute Gasteiger partial charge is 0.161 e. The highest BCUT2D eigenvalue weighted by atomic mass is 35.5. The SMILES string of the molecule is CC[C@@H](C)NCc1ccc(OCc2cccc(Cl)c2)c(OC)c1. The maximum absolute atomic E-state index is 5.99. The minimum atomic E-state index is 0.460. The van der Waals surface area contributed by atoms with Crippen molar-refractivity contribution in [1.29, 1.82) is 0 Å². The minimum Gasteiger partial charge on any atom is -0.493 e. The molecule has 0 saturated heterocycles. The molecule has 3 nitrogen and oxygen atoms in total. The summed E-state index contributed by atoms with van der Waals surface area (Å²) in [6.45, 7) is 5.63. The van der Waals surface area contributed by atoms with Crippen LogP contribution >= 0.6 is 11.6 Å². The molecule has 2 aromatic rings. The molecule has 0 aromatic heterocycles. The lowest BCUT2D eigenvalue weighted by Crippen LogP contribution is -2.24. The average Bonchev–Trinajstić information content (AvgIpc) is 2.58. The monoisotopic (exact) mass is 333 g/mol. The van der Waals surface area contributed by atoms with Crippen molar-refractivity contribution < 1.29 is 9.47 Å². The second kappa shape index (κ2) is 8.80. The quantitative estimate of drug-likeness (QED) is 0.751. The van der Waals surface area contributed by atoms with E-state index in [1.165, 1.54) is 5.56 Å². The molecule has 0 heterocycles. The molecule has 0 amide bonds. The van der Waals surface area contributed by atoms with Crippen LogP contribution in [0.25, 0.3) is 0 Å². The van der Waals surface area contributed by atoms with Crippen molar-refractivity contribution in [2.24, 2.45) is 0 Å². The van der Waals surface area contributed by atoms with Gasteiger partial charge >= 0.3 is 0 Å². The number of ether oxygens (including phenoxy) is 2. The van der Waals surface area contributed by atoms with Crippen LogP contribution in [0.15, 0.2) is 42.5 Å². The Morgan fingerprint density at radius 3 is 2.61 bits per heavy atom. The molecule has 1 atom stereocenters. The zero-order valence-corrected chi connectivity index (χ0v) is 14.7. The van der Waals surface area contributed by atoms with Gasteiger partial charge in [0.1, 0.15) is 6.61 Å². The summed E-state index contributed by atoms with van der Waals surface area (Å²) in [5.74, 6) is 1.48. The standard InChI is InChI=1S/C19H24ClNO2/c1-4-14(2)21-12-15-8-9-18(19(11-15)22-3)23-13-16-6-5-7-17(20)10-16/h5-11,14,21H,4,12-13H2,1-3H3/t14-/m1/s1. The first-order chi connectivity index (χ1) is 11.1. The van der Waals surface area contributed by atoms with Gasteiger partial charge in [0.2, 0.25) is 0 Å². The molecule has 23 heavy (non-hydrogen) atoms. The maximum atomic E-state index is 5.99. The number of halogens is 1. The Bertz CT molecular complexity index is 631. The van der Waals surface area contributed by atoms with Gasteiger partial charge in [0, 0.05) is 17.6 Å². The van der Waals surface area contributed by atoms with Crippen molar-refractivity contribution in [2.45, 2.75) is 39.5 Å². The third-order valence-corrected chi connectivity index (χ3v) is 4.01. The van der Waals surface area contributed by atoms with E-state index in [1.807, 2.05) is 36.4 Å². The van der Waals surface area contributed by atoms with E-state index in [0.717, 1.165) is 30.0 Å². The number of hydrogen-bond acceptors (Lipinski definition) is 3. The topological polar surface area (TPSA) is 30.5 Å². The molecular formula is C19H24ClNO2. The first-order valence-corrected chi connectivity index (χ1v) is 8.27. The van der Waals surface area contributed by atoms with Crippen LogP contribution in [-0.4, -0.2) is 13.2 Å². The van der Waals surface area contributed by atoms with E-state index in [4.69, 9.17) is 21.1 Å². The fraction of sp³-hybridized carbons (Fsp3) is 0.368. The van der Waals surface area contributed by atoms with Crippen LogP contribution in [0.3, 0.4) is 0 Å². The molecule has 0 bridgehead atoms. The van der Waals surface area contributed by atoms with Crippen molar-refractivity contribution >= 4 is 11.6 Å². The number of methoxy groups -OCH3 is 1. The predicted octanol–water partition coefficient (Wildman–Crippen LogP) is 4.82. The Morgan fingerprint density at radius 1 is 1.09 bits per heavy atom. The van der Waals surface area contributed by atoms with Gasteiger partial charge in [-0.05, 0) is 48.7 Å². The lowest BCUT2D eigenvalue weighted by molar-refractivity contribution is 0.284. The molecule has 0 spiro atoms. The van der Waals surface area contributed by atoms with Crippen LogP contribution in [0.1, 0.15) is 31.4 Å². The Hall–Kier alpha value is -1.71. The first-order valence-electron chi connectivity index (χ1n) is 7.90. The second-order valence-electron chi connectivity index (χ2n) is 5.59. The molecule has 124 valence electrons. The predicted molar refractivity (Wildman–Crippen MR) is 95.4 cm³/mol. The number of nitrogens with one attached hydrogen (secondary N) is 1. The zero-order chi connectivity index (χ0) is 16.7. The van der Waals surface area contributed by atoms with Crippen molar-refractivity contribution in [3.8, 4) is 11.5 Å². The zero-order valence-electron chi connectivity index (χ0n) is 13.9. The Balaban J connectivity index is 2.01. The number of rotatable bonds is 8. The molecule has 0 aliphatic heterocycles. The van der Waals surface area contributed by atoms with Gasteiger partial charge in [-0.15, -0.1) is 0 Å². The van der Waals surface area contributed by atoms with Gasteiger partial charge in [-0.25, -0.2) is 0 Å². The summed E-state index contributed by atoms with van der Waals surface area (Å²) in [6.07, 6.45) is 1.11. The average molecular weight is 334 g/mol. The lowest BCUT2D eigenvalue weighted by Gasteiger charge is -2.14. The van der Waals surface area contributed by atoms with Gasteiger partial charge < -0.3 is 14.8 Å². The summed E-state index contributed by atoms with van der Waals surface area (Å²) in [4.78, 5) is 0. The molecule has 0 aliphatic rings. The van der Waals surface area contributed by atoms with E-state index < -0.39 is 0 Å². The molecule has 2 rings (SSSR count). The fourth-order valence-electron chi connectivity index (χ4n) is 2.17. The summed E-state index contributed by atoms with van der Waals surface area (Å²) in [6, 6.07) is 14.2. The van der Waals surface area contributed by atoms with Crippen LogP contribution in [-0.2, 0) is 13.2 Å². The number of hydrogen-bond donors (Lipinski definition) is 1. The fourth-order valence-corrected chi connectivity index (χ4v) is 2.38. The summed E-state index contributed by atoms with van der Waals surface area (Å²) >= 11 is 5.99. The summed E-state index contributed by atoms with van der Waals surface area (Å²) in [5.41, 5.74) is 2.21. The van der Waals surface area contributed by atoms with E-state index in [2.05, 4.69) is 25.2 Å². The molecule has 2 aromatic carbocycles. The van der Waals surface area contributed by atoms with Crippen molar-refractivity contribution in [3.63, 3.8) is 0 Å². The first kappa shape index (κ1) is 17.6. The molecule has 0 radical (unpaired) electrons. The third-order valence-electron chi connectivity index (χ3n) is 3.78. The van der Waals surface area contributed by atoms with Gasteiger partial charge in [0.25, 0.3) is 0 Å². The van der Waals surface area contributed by atoms with Crippen molar-refractivity contribution in [3.05, 3.63) is 58.6 Å². The second-order valence-corrected chi connectivity index (χ2v) is 6.03. The molecule has 0 fully saturated rings. The summed E-state index contributed by atoms with van der Waals surface area (Å²) in [7, 11) is 1.66. The van der Waals surface area contributed by atoms with E-state index >= 15 is 0 Å². The van der Waals surface area contributed by atoms with E-state index in [1.54, 1.807) is 7.11 Å². The molecule has 0 unspecified atom stereocenters. The van der Waals surface area contributed by atoms with Gasteiger partial charge in [-0.1, -0.05) is 36.7 Å². The van der Waals surface area contributed by atoms with Crippen molar-refractivity contribution in [1.82, 2.24) is 5.32 Å². The summed E-state index contributed by atoms with van der Waals surface area (Å²) in [5, 5.41) is 4.18. The highest BCUT2D eigenvalue weighted by Gasteiger charge is 2.07. The Kier molecular flexibility index (Phi) is 6.75. The van der Waals surface area contributed by atoms with Crippen LogP contribution in [0.4, 0.5) is 0 Å². The van der Waals surface area contributed by atoms with Gasteiger partial charge in [-0.2, -0.15) is 0 Å². The molecular weight excluding hydrogens is 310 g/mol. The molecule has 0 aliphatic carbocycles. The van der Waals surface area contributed by atoms with Crippen LogP contribution in [0.5, 0.6) is 11.5 Å². The van der Waals surface area contributed by atoms with Gasteiger partial charge in [-0.3, -0.25) is 0 Å². The Morgan fingerprint density at radius 2 is 1.91 bits per heavy atom. The normalized spacial score (nSPS) is 12.0. The minimum absolute atomic E-state index is 0.460. The van der Waals surface area contributed by atoms with E-state index in [0.29, 0.717) is 17.7 Å². The van der Waals surface area contributed by atoms with Crippen LogP contribution in [0.2, 0.25) is 5.02 Å². The molecule has 4 heteroatoms. The maximum Gasteiger partial charge on any atom is 0.161 e. The van der Waals surface area contributed by atoms with Crippen LogP contribution in [0, 0.1) is 0 Å². The lowest BCUT2D eigenvalue weighted by atomic mass is 10.1. The van der Waals surface area contributed by atoms with Gasteiger partial charge in [0.15, 0.2) is 11.5 Å². The third kappa shape index (κ3) is 5.45. The number of benzene rings is 2. The van der Waals surface area contributed by atoms with Gasteiger partial charge in [0.05, 0.1) is 7.11 Å². The summed E-state index contributed by atoms with van der Waals surface area (Å²) < 4.78 is 11.3. The van der Waals surface area contributed by atoms with E-state index in [9.17, 15) is 0 Å². The van der Waals surface area contributed by atoms with E-state index in [-0.39, 0.29) is 0 Å². The highest BCUT2D eigenvalue weighted by molar-refractivity contribution is 6.30. The molecule has 0 saturated carbocycles. The highest BCUT2D eigenvalue weighted by Crippen LogP contribution is 2.29. The van der Waals surface area contributed by atoms with Crippen LogP contribution < -0.4 is 14.8 Å². The largest absolute Gasteiger partial charge is 0.493 e. The Labute approximate surface area is 143 Å².